The SMILES string of the molecule is CN1Cc2cc(N3c4ccccc4C4(c5ccccc5Sc5ccccc54)c4ccccc43)ccc2C1=O. The van der Waals surface area contributed by atoms with Gasteiger partial charge in [0, 0.05) is 34.6 Å². The van der Waals surface area contributed by atoms with Gasteiger partial charge in [0.25, 0.3) is 5.91 Å². The van der Waals surface area contributed by atoms with Crippen LogP contribution in [0.3, 0.4) is 0 Å². The molecule has 3 heterocycles. The van der Waals surface area contributed by atoms with Crippen LogP contribution in [0.1, 0.15) is 38.2 Å². The van der Waals surface area contributed by atoms with E-state index in [1.54, 1.807) is 4.90 Å². The van der Waals surface area contributed by atoms with Crippen LogP contribution in [0.2, 0.25) is 0 Å². The topological polar surface area (TPSA) is 23.6 Å². The van der Waals surface area contributed by atoms with Crippen LogP contribution in [0.4, 0.5) is 17.1 Å². The summed E-state index contributed by atoms with van der Waals surface area (Å²) in [4.78, 5) is 19.4. The summed E-state index contributed by atoms with van der Waals surface area (Å²) in [5, 5.41) is 0. The van der Waals surface area contributed by atoms with Crippen LogP contribution in [0.25, 0.3) is 0 Å². The molecule has 0 saturated heterocycles. The van der Waals surface area contributed by atoms with E-state index in [4.69, 9.17) is 0 Å². The maximum atomic E-state index is 12.6. The maximum Gasteiger partial charge on any atom is 0.254 e. The molecule has 0 unspecified atom stereocenters. The van der Waals surface area contributed by atoms with E-state index >= 15 is 0 Å². The highest BCUT2D eigenvalue weighted by Crippen LogP contribution is 2.62. The lowest BCUT2D eigenvalue weighted by Crippen LogP contribution is -2.39. The number of carbonyl (C=O) groups is 1. The zero-order valence-corrected chi connectivity index (χ0v) is 21.7. The molecule has 0 aliphatic carbocycles. The van der Waals surface area contributed by atoms with Crippen LogP contribution in [-0.2, 0) is 12.0 Å². The van der Waals surface area contributed by atoms with Crippen LogP contribution >= 0.6 is 11.8 Å². The molecular formula is C34H24N2OS. The molecule has 0 aromatic heterocycles. The molecule has 5 aromatic rings. The normalized spacial score (nSPS) is 16.0. The Kier molecular flexibility index (Phi) is 4.50. The standard InChI is InChI=1S/C34H24N2OS/c1-35-21-22-20-23(18-19-24(22)33(35)37)36-29-14-6-2-10-25(29)34(26-11-3-7-15-30(26)36)27-12-4-8-16-31(27)38-32-17-9-5-13-28(32)34/h2-20H,21H2,1H3. The molecule has 8 rings (SSSR count). The van der Waals surface area contributed by atoms with Crippen LogP contribution in [0.5, 0.6) is 0 Å². The van der Waals surface area contributed by atoms with Gasteiger partial charge in [0.2, 0.25) is 0 Å². The van der Waals surface area contributed by atoms with E-state index in [-0.39, 0.29) is 5.91 Å². The third kappa shape index (κ3) is 2.73. The Morgan fingerprint density at radius 2 is 1.18 bits per heavy atom. The minimum Gasteiger partial charge on any atom is -0.337 e. The van der Waals surface area contributed by atoms with Gasteiger partial charge in [-0.2, -0.15) is 0 Å². The van der Waals surface area contributed by atoms with Crippen molar-refractivity contribution in [3.05, 3.63) is 149 Å². The predicted octanol–water partition coefficient (Wildman–Crippen LogP) is 7.90. The molecule has 3 aliphatic rings. The summed E-state index contributed by atoms with van der Waals surface area (Å²) in [5.41, 5.74) is 10.0. The molecule has 3 aliphatic heterocycles. The third-order valence-electron chi connectivity index (χ3n) is 8.23. The van der Waals surface area contributed by atoms with Gasteiger partial charge in [0.1, 0.15) is 0 Å². The molecule has 0 fully saturated rings. The van der Waals surface area contributed by atoms with Crippen LogP contribution < -0.4 is 4.90 Å². The zero-order valence-electron chi connectivity index (χ0n) is 20.9. The van der Waals surface area contributed by atoms with Gasteiger partial charge < -0.3 is 9.80 Å². The van der Waals surface area contributed by atoms with Crippen molar-refractivity contribution in [2.45, 2.75) is 21.8 Å². The minimum absolute atomic E-state index is 0.0952. The van der Waals surface area contributed by atoms with E-state index in [0.29, 0.717) is 6.54 Å². The number of carbonyl (C=O) groups excluding carboxylic acids is 1. The van der Waals surface area contributed by atoms with Gasteiger partial charge in [-0.05, 0) is 70.3 Å². The van der Waals surface area contributed by atoms with Crippen molar-refractivity contribution in [3.8, 4) is 0 Å². The van der Waals surface area contributed by atoms with E-state index in [2.05, 4.69) is 114 Å². The number of hydrogen-bond donors (Lipinski definition) is 0. The summed E-state index contributed by atoms with van der Waals surface area (Å²) >= 11 is 1.86. The summed E-state index contributed by atoms with van der Waals surface area (Å²) in [5.74, 6) is 0.0952. The Hall–Kier alpha value is -4.28. The molecule has 4 heteroatoms. The van der Waals surface area contributed by atoms with Crippen molar-refractivity contribution in [2.75, 3.05) is 11.9 Å². The van der Waals surface area contributed by atoms with E-state index in [1.807, 2.05) is 24.9 Å². The second-order valence-electron chi connectivity index (χ2n) is 10.2. The van der Waals surface area contributed by atoms with Gasteiger partial charge in [0.05, 0.1) is 16.8 Å². The highest BCUT2D eigenvalue weighted by molar-refractivity contribution is 7.99. The molecule has 38 heavy (non-hydrogen) atoms. The fourth-order valence-corrected chi connectivity index (χ4v) is 7.88. The Labute approximate surface area is 226 Å². The van der Waals surface area contributed by atoms with Crippen molar-refractivity contribution in [2.24, 2.45) is 0 Å². The van der Waals surface area contributed by atoms with E-state index < -0.39 is 5.41 Å². The lowest BCUT2D eigenvalue weighted by atomic mass is 9.62. The molecule has 5 aromatic carbocycles. The second kappa shape index (κ2) is 7.86. The fraction of sp³-hybridized carbons (Fsp3) is 0.0882. The monoisotopic (exact) mass is 508 g/mol. The average molecular weight is 509 g/mol. The van der Waals surface area contributed by atoms with Crippen LogP contribution in [-0.4, -0.2) is 17.9 Å². The Morgan fingerprint density at radius 3 is 1.79 bits per heavy atom. The van der Waals surface area contributed by atoms with Gasteiger partial charge in [-0.15, -0.1) is 0 Å². The van der Waals surface area contributed by atoms with E-state index in [1.165, 1.54) is 43.4 Å². The zero-order chi connectivity index (χ0) is 25.4. The molecule has 0 radical (unpaired) electrons. The first kappa shape index (κ1) is 21.8. The highest BCUT2D eigenvalue weighted by atomic mass is 32.2. The number of anilines is 3. The van der Waals surface area contributed by atoms with Crippen molar-refractivity contribution < 1.29 is 4.79 Å². The van der Waals surface area contributed by atoms with Gasteiger partial charge in [-0.3, -0.25) is 4.79 Å². The molecule has 1 amide bonds. The summed E-state index contributed by atoms with van der Waals surface area (Å²) in [7, 11) is 1.87. The second-order valence-corrected chi connectivity index (χ2v) is 11.3. The molecular weight excluding hydrogens is 484 g/mol. The lowest BCUT2D eigenvalue weighted by Gasteiger charge is -2.49. The van der Waals surface area contributed by atoms with Gasteiger partial charge in [0.15, 0.2) is 0 Å². The third-order valence-corrected chi connectivity index (χ3v) is 9.38. The lowest BCUT2D eigenvalue weighted by molar-refractivity contribution is 0.0816. The van der Waals surface area contributed by atoms with Crippen molar-refractivity contribution in [1.29, 1.82) is 0 Å². The molecule has 0 bridgehead atoms. The van der Waals surface area contributed by atoms with Crippen molar-refractivity contribution in [3.63, 3.8) is 0 Å². The largest absolute Gasteiger partial charge is 0.337 e. The number of nitrogens with zero attached hydrogens (tertiary/aromatic N) is 2. The van der Waals surface area contributed by atoms with Crippen molar-refractivity contribution in [1.82, 2.24) is 4.90 Å². The number of hydrogen-bond acceptors (Lipinski definition) is 3. The Balaban J connectivity index is 1.47. The molecule has 0 atom stereocenters. The van der Waals surface area contributed by atoms with Gasteiger partial charge >= 0.3 is 0 Å². The fourth-order valence-electron chi connectivity index (χ4n) is 6.69. The minimum atomic E-state index is -0.435. The predicted molar refractivity (Wildman–Crippen MR) is 153 cm³/mol. The van der Waals surface area contributed by atoms with E-state index in [0.717, 1.165) is 16.8 Å². The quantitative estimate of drug-likeness (QED) is 0.225. The number of amides is 1. The first-order valence-corrected chi connectivity index (χ1v) is 13.7. The van der Waals surface area contributed by atoms with Crippen LogP contribution in [0.15, 0.2) is 125 Å². The Bertz CT molecular complexity index is 1700. The molecule has 182 valence electrons. The summed E-state index contributed by atoms with van der Waals surface area (Å²) < 4.78 is 0. The smallest absolute Gasteiger partial charge is 0.254 e. The van der Waals surface area contributed by atoms with Crippen molar-refractivity contribution >= 4 is 34.7 Å². The molecule has 0 N–H and O–H groups in total. The van der Waals surface area contributed by atoms with Gasteiger partial charge in [-0.25, -0.2) is 0 Å². The van der Waals surface area contributed by atoms with Crippen LogP contribution in [0, 0.1) is 0 Å². The Morgan fingerprint density at radius 1 is 0.658 bits per heavy atom. The molecule has 3 nitrogen and oxygen atoms in total. The molecule has 1 spiro atoms. The van der Waals surface area contributed by atoms with E-state index in [9.17, 15) is 4.79 Å². The number of benzene rings is 5. The summed E-state index contributed by atoms with van der Waals surface area (Å²) in [6.07, 6.45) is 0. The highest BCUT2D eigenvalue weighted by Gasteiger charge is 2.50. The average Bonchev–Trinajstić information content (AvgIpc) is 3.25. The molecule has 0 saturated carbocycles. The summed E-state index contributed by atoms with van der Waals surface area (Å²) in [6, 6.07) is 41.7. The number of para-hydroxylation sites is 2. The number of fused-ring (bicyclic) bond motifs is 9. The first-order valence-electron chi connectivity index (χ1n) is 12.9. The number of rotatable bonds is 1. The summed E-state index contributed by atoms with van der Waals surface area (Å²) in [6.45, 7) is 0.640. The maximum absolute atomic E-state index is 12.6. The first-order chi connectivity index (χ1) is 18.7. The van der Waals surface area contributed by atoms with Gasteiger partial charge in [-0.1, -0.05) is 84.6 Å².